The number of aryl methyl sites for hydroxylation is 1. The van der Waals surface area contributed by atoms with Crippen LogP contribution in [-0.4, -0.2) is 63.9 Å². The number of pyridine rings is 1. The van der Waals surface area contributed by atoms with Gasteiger partial charge in [0.2, 0.25) is 5.88 Å². The van der Waals surface area contributed by atoms with Crippen LogP contribution in [0.2, 0.25) is 0 Å². The number of carbonyl (C=O) groups is 3. The minimum Gasteiger partial charge on any atom is -0.459 e. The van der Waals surface area contributed by atoms with Crippen molar-refractivity contribution in [2.24, 2.45) is 0 Å². The molecular formula is C32H35N5O7. The Bertz CT molecular complexity index is 1570. The lowest BCUT2D eigenvalue weighted by atomic mass is 9.93. The molecule has 0 saturated carbocycles. The van der Waals surface area contributed by atoms with Crippen LogP contribution in [0.25, 0.3) is 0 Å². The summed E-state index contributed by atoms with van der Waals surface area (Å²) < 4.78 is 11.2. The number of ether oxygens (including phenoxy) is 2. The number of hydrogen-bond acceptors (Lipinski definition) is 8. The van der Waals surface area contributed by atoms with Crippen molar-refractivity contribution in [2.45, 2.75) is 46.3 Å². The molecule has 0 aliphatic carbocycles. The van der Waals surface area contributed by atoms with Crippen molar-refractivity contribution in [1.82, 2.24) is 20.1 Å². The summed E-state index contributed by atoms with van der Waals surface area (Å²) in [4.78, 5) is 57.6. The Morgan fingerprint density at radius 3 is 2.48 bits per heavy atom. The van der Waals surface area contributed by atoms with E-state index in [-0.39, 0.29) is 30.3 Å². The Hall–Kier alpha value is -5.26. The first-order valence-electron chi connectivity index (χ1n) is 14.1. The highest BCUT2D eigenvalue weighted by Crippen LogP contribution is 2.36. The third-order valence-electron chi connectivity index (χ3n) is 6.97. The number of carbonyl (C=O) groups excluding carboxylic acids is 3. The molecule has 3 amide bonds. The molecule has 3 aromatic rings. The van der Waals surface area contributed by atoms with Gasteiger partial charge in [-0.15, -0.1) is 0 Å². The lowest BCUT2D eigenvalue weighted by Gasteiger charge is -2.38. The van der Waals surface area contributed by atoms with E-state index in [0.717, 1.165) is 5.56 Å². The Balaban J connectivity index is 1.47. The van der Waals surface area contributed by atoms with Crippen molar-refractivity contribution in [3.63, 3.8) is 0 Å². The molecule has 1 aliphatic heterocycles. The molecule has 230 valence electrons. The number of urea groups is 1. The molecule has 0 bridgehead atoms. The van der Waals surface area contributed by atoms with E-state index in [1.807, 2.05) is 31.2 Å². The maximum Gasteiger partial charge on any atom is 0.338 e. The number of nitro groups is 1. The van der Waals surface area contributed by atoms with Crippen LogP contribution in [0.3, 0.4) is 0 Å². The number of benzene rings is 2. The third kappa shape index (κ3) is 7.57. The number of non-ortho nitro benzene ring substituents is 1. The first-order chi connectivity index (χ1) is 20.9. The lowest BCUT2D eigenvalue weighted by molar-refractivity contribution is -0.384. The summed E-state index contributed by atoms with van der Waals surface area (Å²) in [7, 11) is 1.64. The molecule has 12 nitrogen and oxygen atoms in total. The molecule has 1 aromatic heterocycles. The summed E-state index contributed by atoms with van der Waals surface area (Å²) in [5, 5.41) is 14.2. The number of nitro benzene ring substituents is 1. The van der Waals surface area contributed by atoms with Crippen molar-refractivity contribution < 1.29 is 28.8 Å². The largest absolute Gasteiger partial charge is 0.459 e. The van der Waals surface area contributed by atoms with Crippen LogP contribution in [0.4, 0.5) is 10.5 Å². The Morgan fingerprint density at radius 2 is 1.84 bits per heavy atom. The molecule has 0 spiro atoms. The normalized spacial score (nSPS) is 14.7. The van der Waals surface area contributed by atoms with Gasteiger partial charge < -0.3 is 24.6 Å². The van der Waals surface area contributed by atoms with Gasteiger partial charge in [-0.3, -0.25) is 14.9 Å². The minimum absolute atomic E-state index is 0.143. The van der Waals surface area contributed by atoms with E-state index in [1.54, 1.807) is 46.0 Å². The lowest BCUT2D eigenvalue weighted by Crippen LogP contribution is -2.49. The van der Waals surface area contributed by atoms with Crippen molar-refractivity contribution in [2.75, 3.05) is 20.1 Å². The van der Waals surface area contributed by atoms with Crippen molar-refractivity contribution in [3.8, 4) is 11.6 Å². The van der Waals surface area contributed by atoms with Crippen LogP contribution >= 0.6 is 0 Å². The fourth-order valence-corrected chi connectivity index (χ4v) is 4.80. The molecule has 1 atom stereocenters. The molecule has 12 heteroatoms. The van der Waals surface area contributed by atoms with Crippen LogP contribution in [-0.2, 0) is 9.53 Å². The van der Waals surface area contributed by atoms with Crippen molar-refractivity contribution in [1.29, 1.82) is 0 Å². The van der Waals surface area contributed by atoms with E-state index in [9.17, 15) is 24.5 Å². The molecular weight excluding hydrogens is 566 g/mol. The quantitative estimate of drug-likeness (QED) is 0.171. The summed E-state index contributed by atoms with van der Waals surface area (Å²) >= 11 is 0. The monoisotopic (exact) mass is 601 g/mol. The van der Waals surface area contributed by atoms with E-state index >= 15 is 0 Å². The Labute approximate surface area is 255 Å². The van der Waals surface area contributed by atoms with Gasteiger partial charge in [0.05, 0.1) is 28.2 Å². The first-order valence-corrected chi connectivity index (χ1v) is 14.1. The van der Waals surface area contributed by atoms with Gasteiger partial charge in [-0.1, -0.05) is 29.8 Å². The topological polar surface area (TPSA) is 144 Å². The Morgan fingerprint density at radius 1 is 1.11 bits per heavy atom. The van der Waals surface area contributed by atoms with Crippen LogP contribution in [0.15, 0.2) is 78.1 Å². The second-order valence-electron chi connectivity index (χ2n) is 10.8. The summed E-state index contributed by atoms with van der Waals surface area (Å²) in [6.45, 7) is 7.41. The minimum atomic E-state index is -0.929. The Kier molecular flexibility index (Phi) is 9.94. The molecule has 2 heterocycles. The van der Waals surface area contributed by atoms with Gasteiger partial charge in [0.25, 0.3) is 11.6 Å². The number of aromatic nitrogens is 1. The molecule has 0 saturated heterocycles. The fraction of sp³-hybridized carbons (Fsp3) is 0.312. The molecule has 0 fully saturated rings. The van der Waals surface area contributed by atoms with Crippen molar-refractivity contribution >= 4 is 23.6 Å². The molecule has 44 heavy (non-hydrogen) atoms. The maximum absolute atomic E-state index is 13.2. The average molecular weight is 602 g/mol. The van der Waals surface area contributed by atoms with Crippen LogP contribution in [0.5, 0.6) is 11.6 Å². The number of nitrogens with one attached hydrogen (secondary N) is 1. The predicted molar refractivity (Wildman–Crippen MR) is 162 cm³/mol. The van der Waals surface area contributed by atoms with Gasteiger partial charge in [-0.05, 0) is 57.9 Å². The highest BCUT2D eigenvalue weighted by molar-refractivity contribution is 5.95. The van der Waals surface area contributed by atoms with Crippen molar-refractivity contribution in [3.05, 3.63) is 105 Å². The number of nitrogens with zero attached hydrogens (tertiary/aromatic N) is 4. The van der Waals surface area contributed by atoms with Crippen LogP contribution in [0.1, 0.15) is 54.7 Å². The molecule has 1 aliphatic rings. The molecule has 2 aromatic carbocycles. The van der Waals surface area contributed by atoms with E-state index in [0.29, 0.717) is 34.9 Å². The second-order valence-corrected chi connectivity index (χ2v) is 10.8. The number of allylic oxidation sites excluding steroid dienone is 1. The highest BCUT2D eigenvalue weighted by atomic mass is 16.6. The van der Waals surface area contributed by atoms with E-state index < -0.39 is 29.1 Å². The van der Waals surface area contributed by atoms with E-state index in [1.165, 1.54) is 34.2 Å². The van der Waals surface area contributed by atoms with Gasteiger partial charge in [-0.2, -0.15) is 0 Å². The number of amides is 3. The van der Waals surface area contributed by atoms with Gasteiger partial charge >= 0.3 is 12.0 Å². The number of hydrogen-bond donors (Lipinski definition) is 1. The zero-order valence-electron chi connectivity index (χ0n) is 25.3. The smallest absolute Gasteiger partial charge is 0.338 e. The van der Waals surface area contributed by atoms with E-state index in [4.69, 9.17) is 9.47 Å². The third-order valence-corrected chi connectivity index (χ3v) is 6.97. The maximum atomic E-state index is 13.2. The predicted octanol–water partition coefficient (Wildman–Crippen LogP) is 5.54. The van der Waals surface area contributed by atoms with Crippen LogP contribution < -0.4 is 10.1 Å². The SMILES string of the molecule is CC1=C(C(=O)OC(C)C)C(c2cccc([N+](=O)[O-])c2)N(CCCN(C)C(=O)c2ccc(Oc3ccc(C)cc3)nc2)C(=O)N1. The molecule has 4 rings (SSSR count). The van der Waals surface area contributed by atoms with Gasteiger partial charge in [0.1, 0.15) is 5.75 Å². The summed E-state index contributed by atoms with van der Waals surface area (Å²) in [5.74, 6) is 0.0879. The van der Waals surface area contributed by atoms with Gasteiger partial charge in [-0.25, -0.2) is 14.6 Å². The molecule has 1 N–H and O–H groups in total. The standard InChI is InChI=1S/C32H35N5O7/c1-20(2)43-31(39)28-22(4)34-32(40)36(29(28)23-8-6-9-25(18-23)37(41)42)17-7-16-35(5)30(38)24-12-15-27(33-19-24)44-26-13-10-21(3)11-14-26/h6,8-15,18-20,29H,7,16-17H2,1-5H3,(H,34,40). The summed E-state index contributed by atoms with van der Waals surface area (Å²) in [6.07, 6.45) is 1.38. The van der Waals surface area contributed by atoms with Gasteiger partial charge in [0, 0.05) is 50.2 Å². The number of esters is 1. The zero-order valence-corrected chi connectivity index (χ0v) is 25.3. The average Bonchev–Trinajstić information content (AvgIpc) is 2.98. The first kappa shape index (κ1) is 31.7. The zero-order chi connectivity index (χ0) is 32.0. The fourth-order valence-electron chi connectivity index (χ4n) is 4.80. The number of rotatable bonds is 11. The highest BCUT2D eigenvalue weighted by Gasteiger charge is 2.39. The molecule has 1 unspecified atom stereocenters. The van der Waals surface area contributed by atoms with E-state index in [2.05, 4.69) is 10.3 Å². The summed E-state index contributed by atoms with van der Waals surface area (Å²) in [5.41, 5.74) is 2.19. The molecule has 0 radical (unpaired) electrons. The second kappa shape index (κ2) is 13.8. The summed E-state index contributed by atoms with van der Waals surface area (Å²) in [6, 6.07) is 15.2. The van der Waals surface area contributed by atoms with Crippen LogP contribution in [0, 0.1) is 17.0 Å². The van der Waals surface area contributed by atoms with Gasteiger partial charge in [0.15, 0.2) is 0 Å².